The van der Waals surface area contributed by atoms with E-state index in [0.29, 0.717) is 0 Å². The predicted molar refractivity (Wildman–Crippen MR) is 102 cm³/mol. The maximum absolute atomic E-state index is 11.8. The van der Waals surface area contributed by atoms with Gasteiger partial charge in [0, 0.05) is 38.1 Å². The molecule has 0 unspecified atom stereocenters. The van der Waals surface area contributed by atoms with Crippen LogP contribution in [0, 0.1) is 0 Å². The number of piperazine rings is 1. The Morgan fingerprint density at radius 2 is 1.83 bits per heavy atom. The van der Waals surface area contributed by atoms with Gasteiger partial charge in [-0.2, -0.15) is 0 Å². The SMILES string of the molecule is C=C(C)N=CC.CCC/C=C/N1CCN(C(=O)OC(C)(C)C)CC1. The van der Waals surface area contributed by atoms with Gasteiger partial charge in [-0.3, -0.25) is 4.99 Å². The Bertz CT molecular complexity index is 428. The zero-order valence-electron chi connectivity index (χ0n) is 16.3. The molecule has 138 valence electrons. The van der Waals surface area contributed by atoms with E-state index in [2.05, 4.69) is 35.7 Å². The van der Waals surface area contributed by atoms with E-state index >= 15 is 0 Å². The number of carbonyl (C=O) groups excluding carboxylic acids is 1. The van der Waals surface area contributed by atoms with Crippen LogP contribution in [-0.2, 0) is 4.74 Å². The molecule has 1 heterocycles. The minimum atomic E-state index is -0.407. The van der Waals surface area contributed by atoms with Crippen LogP contribution in [0.2, 0.25) is 0 Å². The number of unbranched alkanes of at least 4 members (excludes halogenated alkanes) is 1. The van der Waals surface area contributed by atoms with Crippen LogP contribution < -0.4 is 0 Å². The maximum atomic E-state index is 11.8. The monoisotopic (exact) mass is 337 g/mol. The number of hydrogen-bond donors (Lipinski definition) is 0. The smallest absolute Gasteiger partial charge is 0.410 e. The van der Waals surface area contributed by atoms with E-state index in [1.165, 1.54) is 6.42 Å². The van der Waals surface area contributed by atoms with E-state index in [-0.39, 0.29) is 6.09 Å². The molecule has 1 fully saturated rings. The molecule has 0 spiro atoms. The van der Waals surface area contributed by atoms with Crippen molar-refractivity contribution in [1.29, 1.82) is 0 Å². The molecule has 0 atom stereocenters. The number of nitrogens with zero attached hydrogens (tertiary/aromatic N) is 3. The number of hydrogen-bond acceptors (Lipinski definition) is 4. The van der Waals surface area contributed by atoms with Crippen molar-refractivity contribution in [3.8, 4) is 0 Å². The Kier molecular flexibility index (Phi) is 10.8. The van der Waals surface area contributed by atoms with Crippen LogP contribution in [0.5, 0.6) is 0 Å². The highest BCUT2D eigenvalue weighted by Gasteiger charge is 2.24. The van der Waals surface area contributed by atoms with Crippen LogP contribution in [-0.4, -0.2) is 53.9 Å². The van der Waals surface area contributed by atoms with Gasteiger partial charge in [-0.15, -0.1) is 0 Å². The first-order valence-corrected chi connectivity index (χ1v) is 8.72. The van der Waals surface area contributed by atoms with Gasteiger partial charge in [-0.05, 0) is 47.2 Å². The molecular weight excluding hydrogens is 302 g/mol. The molecule has 0 N–H and O–H groups in total. The molecule has 0 radical (unpaired) electrons. The zero-order chi connectivity index (χ0) is 18.6. The number of rotatable bonds is 4. The van der Waals surface area contributed by atoms with E-state index in [1.807, 2.05) is 34.6 Å². The van der Waals surface area contributed by atoms with E-state index in [9.17, 15) is 4.79 Å². The average molecular weight is 338 g/mol. The van der Waals surface area contributed by atoms with Crippen molar-refractivity contribution in [2.75, 3.05) is 26.2 Å². The molecule has 1 aliphatic heterocycles. The second-order valence-electron chi connectivity index (χ2n) is 6.80. The summed E-state index contributed by atoms with van der Waals surface area (Å²) in [5, 5.41) is 0. The van der Waals surface area contributed by atoms with Gasteiger partial charge in [-0.1, -0.05) is 26.0 Å². The van der Waals surface area contributed by atoms with Crippen molar-refractivity contribution in [3.05, 3.63) is 24.6 Å². The standard InChI is InChI=1S/C14H26N2O2.C5H9N/c1-5-6-7-8-15-9-11-16(12-10-15)13(17)18-14(2,3)4;1-4-6-5(2)3/h7-8H,5-6,9-12H2,1-4H3;4H,2H2,1,3H3/b8-7+;. The number of allylic oxidation sites excluding steroid dienone is 2. The normalized spacial score (nSPS) is 15.4. The minimum absolute atomic E-state index is 0.195. The molecule has 0 saturated carbocycles. The molecule has 1 aliphatic rings. The number of carbonyl (C=O) groups is 1. The van der Waals surface area contributed by atoms with E-state index < -0.39 is 5.60 Å². The largest absolute Gasteiger partial charge is 0.444 e. The highest BCUT2D eigenvalue weighted by molar-refractivity contribution is 5.68. The second-order valence-corrected chi connectivity index (χ2v) is 6.80. The van der Waals surface area contributed by atoms with Crippen LogP contribution in [0.25, 0.3) is 0 Å². The molecule has 1 amide bonds. The summed E-state index contributed by atoms with van der Waals surface area (Å²) in [5.41, 5.74) is 0.451. The fourth-order valence-electron chi connectivity index (χ4n) is 1.99. The second kappa shape index (κ2) is 11.7. The summed E-state index contributed by atoms with van der Waals surface area (Å²) in [6, 6.07) is 0. The fraction of sp³-hybridized carbons (Fsp3) is 0.684. The molecule has 0 aromatic rings. The minimum Gasteiger partial charge on any atom is -0.444 e. The molecule has 0 aromatic carbocycles. The molecule has 5 heteroatoms. The van der Waals surface area contributed by atoms with Crippen LogP contribution in [0.4, 0.5) is 4.79 Å². The third-order valence-corrected chi connectivity index (χ3v) is 3.09. The first-order chi connectivity index (χ1) is 11.2. The maximum Gasteiger partial charge on any atom is 0.410 e. The van der Waals surface area contributed by atoms with Crippen LogP contribution in [0.1, 0.15) is 54.4 Å². The van der Waals surface area contributed by atoms with Crippen LogP contribution in [0.3, 0.4) is 0 Å². The fourth-order valence-corrected chi connectivity index (χ4v) is 1.99. The first kappa shape index (κ1) is 22.2. The Hall–Kier alpha value is -1.78. The lowest BCUT2D eigenvalue weighted by molar-refractivity contribution is 0.0176. The Morgan fingerprint density at radius 3 is 2.21 bits per heavy atom. The molecule has 1 saturated heterocycles. The summed E-state index contributed by atoms with van der Waals surface area (Å²) in [4.78, 5) is 19.7. The van der Waals surface area contributed by atoms with Gasteiger partial charge in [0.2, 0.25) is 0 Å². The molecule has 24 heavy (non-hydrogen) atoms. The van der Waals surface area contributed by atoms with E-state index in [0.717, 1.165) is 38.3 Å². The van der Waals surface area contributed by atoms with E-state index in [4.69, 9.17) is 4.74 Å². The van der Waals surface area contributed by atoms with Crippen molar-refractivity contribution >= 4 is 12.3 Å². The third-order valence-electron chi connectivity index (χ3n) is 3.09. The summed E-state index contributed by atoms with van der Waals surface area (Å²) in [5.74, 6) is 0. The topological polar surface area (TPSA) is 45.1 Å². The summed E-state index contributed by atoms with van der Waals surface area (Å²) >= 11 is 0. The van der Waals surface area contributed by atoms with Gasteiger partial charge in [0.1, 0.15) is 5.60 Å². The molecule has 0 bridgehead atoms. The highest BCUT2D eigenvalue weighted by atomic mass is 16.6. The summed E-state index contributed by atoms with van der Waals surface area (Å²) in [6.45, 7) is 18.4. The molecule has 1 rings (SSSR count). The van der Waals surface area contributed by atoms with Crippen LogP contribution in [0.15, 0.2) is 29.5 Å². The summed E-state index contributed by atoms with van der Waals surface area (Å²) in [7, 11) is 0. The first-order valence-electron chi connectivity index (χ1n) is 8.72. The lowest BCUT2D eigenvalue weighted by Gasteiger charge is -2.35. The Labute approximate surface area is 148 Å². The van der Waals surface area contributed by atoms with Crippen LogP contribution >= 0.6 is 0 Å². The van der Waals surface area contributed by atoms with Gasteiger partial charge < -0.3 is 14.5 Å². The van der Waals surface area contributed by atoms with E-state index in [1.54, 1.807) is 11.1 Å². The zero-order valence-corrected chi connectivity index (χ0v) is 16.3. The highest BCUT2D eigenvalue weighted by Crippen LogP contribution is 2.12. The number of amides is 1. The van der Waals surface area contributed by atoms with Gasteiger partial charge in [0.15, 0.2) is 0 Å². The number of ether oxygens (including phenoxy) is 1. The molecular formula is C19H35N3O2. The summed E-state index contributed by atoms with van der Waals surface area (Å²) < 4.78 is 5.36. The quantitative estimate of drug-likeness (QED) is 0.711. The Morgan fingerprint density at radius 1 is 1.25 bits per heavy atom. The lowest BCUT2D eigenvalue weighted by atomic mass is 10.2. The average Bonchev–Trinajstić information content (AvgIpc) is 2.47. The van der Waals surface area contributed by atoms with Gasteiger partial charge in [0.25, 0.3) is 0 Å². The van der Waals surface area contributed by atoms with Crippen molar-refractivity contribution in [3.63, 3.8) is 0 Å². The van der Waals surface area contributed by atoms with Gasteiger partial charge in [0.05, 0.1) is 0 Å². The number of aliphatic imine (C=N–C) groups is 1. The summed E-state index contributed by atoms with van der Waals surface area (Å²) in [6.07, 6.45) is 8.17. The predicted octanol–water partition coefficient (Wildman–Crippen LogP) is 4.46. The molecule has 5 nitrogen and oxygen atoms in total. The van der Waals surface area contributed by atoms with Crippen molar-refractivity contribution in [2.45, 2.75) is 60.0 Å². The van der Waals surface area contributed by atoms with Crippen molar-refractivity contribution in [1.82, 2.24) is 9.80 Å². The molecule has 0 aromatic heterocycles. The van der Waals surface area contributed by atoms with Gasteiger partial charge >= 0.3 is 6.09 Å². The lowest BCUT2D eigenvalue weighted by Crippen LogP contribution is -2.48. The van der Waals surface area contributed by atoms with Gasteiger partial charge in [-0.25, -0.2) is 4.79 Å². The Balaban J connectivity index is 0.000000754. The van der Waals surface area contributed by atoms with Crippen molar-refractivity contribution in [2.24, 2.45) is 4.99 Å². The van der Waals surface area contributed by atoms with Crippen molar-refractivity contribution < 1.29 is 9.53 Å². The molecule has 0 aliphatic carbocycles. The third kappa shape index (κ3) is 11.7.